The predicted molar refractivity (Wildman–Crippen MR) is 64.6 cm³/mol. The summed E-state index contributed by atoms with van der Waals surface area (Å²) in [6.45, 7) is 2.05. The Morgan fingerprint density at radius 2 is 2.12 bits per heavy atom. The van der Waals surface area contributed by atoms with Gasteiger partial charge in [0, 0.05) is 12.2 Å². The van der Waals surface area contributed by atoms with E-state index in [9.17, 15) is 9.59 Å². The Morgan fingerprint density at radius 3 is 2.71 bits per heavy atom. The van der Waals surface area contributed by atoms with Crippen LogP contribution in [-0.4, -0.2) is 25.5 Å². The smallest absolute Gasteiger partial charge is 0.307 e. The number of anilines is 1. The van der Waals surface area contributed by atoms with Crippen LogP contribution in [0.4, 0.5) is 5.69 Å². The van der Waals surface area contributed by atoms with Crippen molar-refractivity contribution in [2.24, 2.45) is 0 Å². The van der Waals surface area contributed by atoms with Crippen molar-refractivity contribution in [3.05, 3.63) is 29.3 Å². The van der Waals surface area contributed by atoms with Gasteiger partial charge in [0.15, 0.2) is 0 Å². The average Bonchev–Trinajstić information content (AvgIpc) is 2.28. The molecule has 0 radical (unpaired) electrons. The van der Waals surface area contributed by atoms with E-state index in [-0.39, 0.29) is 24.8 Å². The maximum atomic E-state index is 11.8. The van der Waals surface area contributed by atoms with Gasteiger partial charge in [0.05, 0.1) is 19.1 Å². The van der Waals surface area contributed by atoms with E-state index in [2.05, 4.69) is 10.1 Å². The maximum Gasteiger partial charge on any atom is 0.307 e. The molecule has 0 fully saturated rings. The van der Waals surface area contributed by atoms with Crippen LogP contribution in [0, 0.1) is 6.92 Å². The zero-order valence-corrected chi connectivity index (χ0v) is 9.95. The highest BCUT2D eigenvalue weighted by Crippen LogP contribution is 2.15. The third-order valence-corrected chi connectivity index (χ3v) is 2.37. The molecule has 0 heterocycles. The summed E-state index contributed by atoms with van der Waals surface area (Å²) < 4.78 is 4.47. The Kier molecular flexibility index (Phi) is 4.51. The number of nitrogens with two attached hydrogens (primary N) is 1. The molecule has 0 atom stereocenters. The molecule has 3 N–H and O–H groups in total. The van der Waals surface area contributed by atoms with E-state index < -0.39 is 0 Å². The average molecular weight is 236 g/mol. The van der Waals surface area contributed by atoms with Crippen molar-refractivity contribution in [2.75, 3.05) is 19.4 Å². The minimum Gasteiger partial charge on any atom is -0.469 e. The number of methoxy groups -OCH3 is 1. The van der Waals surface area contributed by atoms with Crippen LogP contribution < -0.4 is 11.1 Å². The lowest BCUT2D eigenvalue weighted by Crippen LogP contribution is -2.27. The highest BCUT2D eigenvalue weighted by molar-refractivity contribution is 6.00. The number of carbonyl (C=O) groups is 2. The van der Waals surface area contributed by atoms with Crippen LogP contribution in [0.25, 0.3) is 0 Å². The fourth-order valence-electron chi connectivity index (χ4n) is 1.47. The van der Waals surface area contributed by atoms with Gasteiger partial charge in [0.2, 0.25) is 0 Å². The summed E-state index contributed by atoms with van der Waals surface area (Å²) in [6.07, 6.45) is 0.147. The second-order valence-electron chi connectivity index (χ2n) is 3.62. The molecule has 0 aromatic heterocycles. The SMILES string of the molecule is COC(=O)CCNC(=O)c1c(C)cccc1N. The van der Waals surface area contributed by atoms with Crippen LogP contribution in [0.15, 0.2) is 18.2 Å². The Morgan fingerprint density at radius 1 is 1.41 bits per heavy atom. The standard InChI is InChI=1S/C12H16N2O3/c1-8-4-3-5-9(13)11(8)12(16)14-7-6-10(15)17-2/h3-5H,6-7,13H2,1-2H3,(H,14,16). The van der Waals surface area contributed by atoms with Crippen LogP contribution in [0.5, 0.6) is 0 Å². The second kappa shape index (κ2) is 5.89. The van der Waals surface area contributed by atoms with E-state index in [1.54, 1.807) is 12.1 Å². The quantitative estimate of drug-likeness (QED) is 0.600. The van der Waals surface area contributed by atoms with E-state index in [1.165, 1.54) is 7.11 Å². The molecule has 92 valence electrons. The summed E-state index contributed by atoms with van der Waals surface area (Å²) in [5.74, 6) is -0.632. The molecule has 1 aromatic rings. The van der Waals surface area contributed by atoms with E-state index in [0.717, 1.165) is 5.56 Å². The number of ether oxygens (including phenoxy) is 1. The summed E-state index contributed by atoms with van der Waals surface area (Å²) in [5.41, 5.74) is 7.42. The molecule has 0 unspecified atom stereocenters. The lowest BCUT2D eigenvalue weighted by Gasteiger charge is -2.09. The van der Waals surface area contributed by atoms with Crippen molar-refractivity contribution >= 4 is 17.6 Å². The van der Waals surface area contributed by atoms with E-state index in [1.807, 2.05) is 13.0 Å². The molecule has 5 heteroatoms. The maximum absolute atomic E-state index is 11.8. The number of rotatable bonds is 4. The fraction of sp³-hybridized carbons (Fsp3) is 0.333. The first kappa shape index (κ1) is 13.0. The Balaban J connectivity index is 2.61. The molecule has 17 heavy (non-hydrogen) atoms. The topological polar surface area (TPSA) is 81.4 Å². The summed E-state index contributed by atoms with van der Waals surface area (Å²) in [6, 6.07) is 5.27. The number of esters is 1. The van der Waals surface area contributed by atoms with Gasteiger partial charge in [-0.3, -0.25) is 9.59 Å². The highest BCUT2D eigenvalue weighted by atomic mass is 16.5. The number of carbonyl (C=O) groups excluding carboxylic acids is 2. The van der Waals surface area contributed by atoms with Crippen LogP contribution in [0.1, 0.15) is 22.3 Å². The van der Waals surface area contributed by atoms with Crippen molar-refractivity contribution in [1.82, 2.24) is 5.32 Å². The number of hydrogen-bond donors (Lipinski definition) is 2. The van der Waals surface area contributed by atoms with Crippen molar-refractivity contribution in [3.63, 3.8) is 0 Å². The summed E-state index contributed by atoms with van der Waals surface area (Å²) in [5, 5.41) is 2.63. The van der Waals surface area contributed by atoms with Crippen molar-refractivity contribution in [3.8, 4) is 0 Å². The van der Waals surface area contributed by atoms with Gasteiger partial charge < -0.3 is 15.8 Å². The number of nitrogens with one attached hydrogen (secondary N) is 1. The monoisotopic (exact) mass is 236 g/mol. The van der Waals surface area contributed by atoms with Gasteiger partial charge in [-0.05, 0) is 18.6 Å². The number of benzene rings is 1. The molecule has 0 aliphatic rings. The van der Waals surface area contributed by atoms with Gasteiger partial charge in [-0.1, -0.05) is 12.1 Å². The molecule has 0 aliphatic carbocycles. The molecule has 0 bridgehead atoms. The second-order valence-corrected chi connectivity index (χ2v) is 3.62. The van der Waals surface area contributed by atoms with E-state index in [4.69, 9.17) is 5.73 Å². The first-order valence-electron chi connectivity index (χ1n) is 5.26. The summed E-state index contributed by atoms with van der Waals surface area (Å²) in [4.78, 5) is 22.7. The predicted octanol–water partition coefficient (Wildman–Crippen LogP) is 0.870. The Labute approximate surface area is 99.9 Å². The first-order chi connectivity index (χ1) is 8.06. The molecule has 0 spiro atoms. The van der Waals surface area contributed by atoms with Gasteiger partial charge >= 0.3 is 5.97 Å². The normalized spacial score (nSPS) is 9.76. The lowest BCUT2D eigenvalue weighted by atomic mass is 10.1. The Bertz CT molecular complexity index is 410. The minimum atomic E-state index is -0.358. The summed E-state index contributed by atoms with van der Waals surface area (Å²) in [7, 11) is 1.31. The fourth-order valence-corrected chi connectivity index (χ4v) is 1.47. The third kappa shape index (κ3) is 3.48. The lowest BCUT2D eigenvalue weighted by molar-refractivity contribution is -0.140. The number of aryl methyl sites for hydroxylation is 1. The number of amides is 1. The van der Waals surface area contributed by atoms with Crippen molar-refractivity contribution in [2.45, 2.75) is 13.3 Å². The zero-order valence-electron chi connectivity index (χ0n) is 9.95. The minimum absolute atomic E-state index is 0.147. The van der Waals surface area contributed by atoms with Crippen LogP contribution in [0.2, 0.25) is 0 Å². The zero-order chi connectivity index (χ0) is 12.8. The molecule has 0 aliphatic heterocycles. The molecule has 0 saturated heterocycles. The molecular weight excluding hydrogens is 220 g/mol. The highest BCUT2D eigenvalue weighted by Gasteiger charge is 2.12. The Hall–Kier alpha value is -2.04. The van der Waals surface area contributed by atoms with Crippen LogP contribution in [-0.2, 0) is 9.53 Å². The molecule has 1 aromatic carbocycles. The molecule has 0 saturated carbocycles. The molecule has 1 amide bonds. The third-order valence-electron chi connectivity index (χ3n) is 2.37. The van der Waals surface area contributed by atoms with Crippen molar-refractivity contribution in [1.29, 1.82) is 0 Å². The van der Waals surface area contributed by atoms with Crippen molar-refractivity contribution < 1.29 is 14.3 Å². The van der Waals surface area contributed by atoms with Gasteiger partial charge in [0.1, 0.15) is 0 Å². The van der Waals surface area contributed by atoms with Gasteiger partial charge in [-0.2, -0.15) is 0 Å². The molecule has 5 nitrogen and oxygen atoms in total. The number of hydrogen-bond acceptors (Lipinski definition) is 4. The van der Waals surface area contributed by atoms with Gasteiger partial charge in [-0.15, -0.1) is 0 Å². The van der Waals surface area contributed by atoms with E-state index >= 15 is 0 Å². The van der Waals surface area contributed by atoms with Gasteiger partial charge in [0.25, 0.3) is 5.91 Å². The summed E-state index contributed by atoms with van der Waals surface area (Å²) >= 11 is 0. The van der Waals surface area contributed by atoms with Crippen LogP contribution >= 0.6 is 0 Å². The number of nitrogen functional groups attached to an aromatic ring is 1. The van der Waals surface area contributed by atoms with E-state index in [0.29, 0.717) is 11.3 Å². The van der Waals surface area contributed by atoms with Crippen LogP contribution in [0.3, 0.4) is 0 Å². The molecular formula is C12H16N2O3. The molecule has 1 rings (SSSR count). The first-order valence-corrected chi connectivity index (χ1v) is 5.26. The largest absolute Gasteiger partial charge is 0.469 e. The van der Waals surface area contributed by atoms with Gasteiger partial charge in [-0.25, -0.2) is 0 Å².